The lowest BCUT2D eigenvalue weighted by Crippen LogP contribution is -2.13. The summed E-state index contributed by atoms with van der Waals surface area (Å²) in [7, 11) is 1.57. The van der Waals surface area contributed by atoms with E-state index in [2.05, 4.69) is 5.10 Å². The Balaban J connectivity index is 2.16. The third-order valence-corrected chi connectivity index (χ3v) is 3.89. The Kier molecular flexibility index (Phi) is 5.16. The number of aromatic nitrogens is 2. The normalized spacial score (nSPS) is 10.4. The fraction of sp³-hybridized carbons (Fsp3) is 0.158. The Morgan fingerprint density at radius 2 is 1.89 bits per heavy atom. The molecular formula is C19H17N3O5. The molecule has 0 fully saturated rings. The average Bonchev–Trinajstić information content (AvgIpc) is 3.13. The molecular weight excluding hydrogens is 350 g/mol. The summed E-state index contributed by atoms with van der Waals surface area (Å²) in [4.78, 5) is 23.3. The number of rotatable bonds is 6. The van der Waals surface area contributed by atoms with Crippen molar-refractivity contribution in [2.45, 2.75) is 6.92 Å². The minimum atomic E-state index is -0.608. The molecule has 0 aliphatic rings. The van der Waals surface area contributed by atoms with Crippen LogP contribution in [-0.2, 0) is 4.74 Å². The first-order valence-electron chi connectivity index (χ1n) is 8.20. The molecule has 8 heteroatoms. The van der Waals surface area contributed by atoms with Crippen molar-refractivity contribution in [3.63, 3.8) is 0 Å². The highest BCUT2D eigenvalue weighted by atomic mass is 16.6. The van der Waals surface area contributed by atoms with Crippen LogP contribution in [0.1, 0.15) is 17.4 Å². The SMILES string of the molecule is CCOC(=O)c1cc(-c2ccc(OC)cc2)nn1-c1ccccc1[N+](=O)[O-]. The highest BCUT2D eigenvalue weighted by Gasteiger charge is 2.23. The number of hydrogen-bond donors (Lipinski definition) is 0. The monoisotopic (exact) mass is 367 g/mol. The second kappa shape index (κ2) is 7.69. The van der Waals surface area contributed by atoms with Gasteiger partial charge in [0.05, 0.1) is 24.3 Å². The van der Waals surface area contributed by atoms with Crippen LogP contribution < -0.4 is 4.74 Å². The molecule has 1 heterocycles. The van der Waals surface area contributed by atoms with Crippen molar-refractivity contribution in [1.29, 1.82) is 0 Å². The minimum absolute atomic E-state index is 0.108. The standard InChI is InChI=1S/C19H17N3O5/c1-3-27-19(23)18-12-15(13-8-10-14(26-2)11-9-13)20-21(18)16-6-4-5-7-17(16)22(24)25/h4-12H,3H2,1-2H3. The number of para-hydroxylation sites is 2. The van der Waals surface area contributed by atoms with Gasteiger partial charge in [0.1, 0.15) is 11.4 Å². The molecule has 0 radical (unpaired) electrons. The molecule has 0 amide bonds. The smallest absolute Gasteiger partial charge is 0.357 e. The Morgan fingerprint density at radius 3 is 2.52 bits per heavy atom. The molecule has 3 rings (SSSR count). The maximum Gasteiger partial charge on any atom is 0.357 e. The zero-order valence-corrected chi connectivity index (χ0v) is 14.8. The van der Waals surface area contributed by atoms with Crippen molar-refractivity contribution in [1.82, 2.24) is 9.78 Å². The molecule has 3 aromatic rings. The minimum Gasteiger partial charge on any atom is -0.497 e. The largest absolute Gasteiger partial charge is 0.497 e. The number of carbonyl (C=O) groups is 1. The predicted octanol–water partition coefficient (Wildman–Crippen LogP) is 3.63. The molecule has 0 saturated carbocycles. The molecule has 0 bridgehead atoms. The number of ether oxygens (including phenoxy) is 2. The quantitative estimate of drug-likeness (QED) is 0.375. The van der Waals surface area contributed by atoms with Crippen molar-refractivity contribution in [2.75, 3.05) is 13.7 Å². The Morgan fingerprint density at radius 1 is 1.19 bits per heavy atom. The molecule has 1 aromatic heterocycles. The molecule has 0 atom stereocenters. The first-order valence-corrected chi connectivity index (χ1v) is 8.20. The first kappa shape index (κ1) is 18.1. The second-order valence-electron chi connectivity index (χ2n) is 5.52. The fourth-order valence-electron chi connectivity index (χ4n) is 2.62. The summed E-state index contributed by atoms with van der Waals surface area (Å²) in [6.07, 6.45) is 0. The zero-order valence-electron chi connectivity index (χ0n) is 14.8. The van der Waals surface area contributed by atoms with Gasteiger partial charge >= 0.3 is 5.97 Å². The number of carbonyl (C=O) groups excluding carboxylic acids is 1. The third-order valence-electron chi connectivity index (χ3n) is 3.89. The van der Waals surface area contributed by atoms with Crippen molar-refractivity contribution >= 4 is 11.7 Å². The highest BCUT2D eigenvalue weighted by molar-refractivity contribution is 5.90. The molecule has 2 aromatic carbocycles. The van der Waals surface area contributed by atoms with Crippen LogP contribution in [0.3, 0.4) is 0 Å². The van der Waals surface area contributed by atoms with E-state index in [1.807, 2.05) is 0 Å². The van der Waals surface area contributed by atoms with Crippen LogP contribution in [0.5, 0.6) is 5.75 Å². The molecule has 0 aliphatic heterocycles. The lowest BCUT2D eigenvalue weighted by atomic mass is 10.1. The number of nitro benzene ring substituents is 1. The van der Waals surface area contributed by atoms with Crippen LogP contribution in [0.2, 0.25) is 0 Å². The number of nitrogens with zero attached hydrogens (tertiary/aromatic N) is 3. The molecule has 0 spiro atoms. The maximum atomic E-state index is 12.4. The molecule has 0 unspecified atom stereocenters. The van der Waals surface area contributed by atoms with E-state index >= 15 is 0 Å². The second-order valence-corrected chi connectivity index (χ2v) is 5.52. The zero-order chi connectivity index (χ0) is 19.4. The van der Waals surface area contributed by atoms with Gasteiger partial charge in [0, 0.05) is 11.6 Å². The number of esters is 1. The first-order chi connectivity index (χ1) is 13.0. The van der Waals surface area contributed by atoms with Gasteiger partial charge in [-0.3, -0.25) is 10.1 Å². The number of nitro groups is 1. The maximum absolute atomic E-state index is 12.4. The molecule has 138 valence electrons. The van der Waals surface area contributed by atoms with E-state index < -0.39 is 10.9 Å². The van der Waals surface area contributed by atoms with E-state index in [0.717, 1.165) is 5.56 Å². The summed E-state index contributed by atoms with van der Waals surface area (Å²) >= 11 is 0. The predicted molar refractivity (Wildman–Crippen MR) is 98.2 cm³/mol. The molecule has 0 saturated heterocycles. The van der Waals surface area contributed by atoms with Gasteiger partial charge in [-0.2, -0.15) is 5.10 Å². The average molecular weight is 367 g/mol. The molecule has 8 nitrogen and oxygen atoms in total. The van der Waals surface area contributed by atoms with E-state index in [1.165, 1.54) is 16.8 Å². The van der Waals surface area contributed by atoms with E-state index in [4.69, 9.17) is 9.47 Å². The van der Waals surface area contributed by atoms with Crippen molar-refractivity contribution < 1.29 is 19.2 Å². The number of benzene rings is 2. The van der Waals surface area contributed by atoms with Gasteiger partial charge in [0.15, 0.2) is 5.69 Å². The fourth-order valence-corrected chi connectivity index (χ4v) is 2.62. The van der Waals surface area contributed by atoms with Gasteiger partial charge in [-0.25, -0.2) is 9.48 Å². The van der Waals surface area contributed by atoms with Gasteiger partial charge < -0.3 is 9.47 Å². The van der Waals surface area contributed by atoms with Crippen molar-refractivity contribution in [3.05, 3.63) is 70.4 Å². The van der Waals surface area contributed by atoms with Crippen LogP contribution in [0.15, 0.2) is 54.6 Å². The Hall–Kier alpha value is -3.68. The summed E-state index contributed by atoms with van der Waals surface area (Å²) < 4.78 is 11.5. The van der Waals surface area contributed by atoms with E-state index in [1.54, 1.807) is 56.5 Å². The summed E-state index contributed by atoms with van der Waals surface area (Å²) in [6, 6.07) is 14.8. The Labute approximate surface area is 155 Å². The molecule has 27 heavy (non-hydrogen) atoms. The van der Waals surface area contributed by atoms with Gasteiger partial charge in [-0.15, -0.1) is 0 Å². The highest BCUT2D eigenvalue weighted by Crippen LogP contribution is 2.28. The van der Waals surface area contributed by atoms with Gasteiger partial charge in [-0.1, -0.05) is 12.1 Å². The molecule has 0 N–H and O–H groups in total. The third kappa shape index (κ3) is 3.64. The summed E-state index contributed by atoms with van der Waals surface area (Å²) in [5.74, 6) is 0.0745. The summed E-state index contributed by atoms with van der Waals surface area (Å²) in [5.41, 5.74) is 1.35. The van der Waals surface area contributed by atoms with Crippen molar-refractivity contribution in [2.24, 2.45) is 0 Å². The number of hydrogen-bond acceptors (Lipinski definition) is 6. The van der Waals surface area contributed by atoms with Gasteiger partial charge in [0.25, 0.3) is 5.69 Å². The Bertz CT molecular complexity index is 979. The van der Waals surface area contributed by atoms with Gasteiger partial charge in [0.2, 0.25) is 0 Å². The summed E-state index contributed by atoms with van der Waals surface area (Å²) in [5, 5.41) is 15.8. The van der Waals surface area contributed by atoms with Crippen LogP contribution in [0, 0.1) is 10.1 Å². The van der Waals surface area contributed by atoms with E-state index in [-0.39, 0.29) is 23.7 Å². The van der Waals surface area contributed by atoms with Crippen LogP contribution >= 0.6 is 0 Å². The lowest BCUT2D eigenvalue weighted by molar-refractivity contribution is -0.384. The van der Waals surface area contributed by atoms with Crippen molar-refractivity contribution in [3.8, 4) is 22.7 Å². The van der Waals surface area contributed by atoms with E-state index in [9.17, 15) is 14.9 Å². The number of methoxy groups -OCH3 is 1. The molecule has 0 aliphatic carbocycles. The van der Waals surface area contributed by atoms with E-state index in [0.29, 0.717) is 11.4 Å². The lowest BCUT2D eigenvalue weighted by Gasteiger charge is -2.07. The summed E-state index contributed by atoms with van der Waals surface area (Å²) in [6.45, 7) is 1.87. The van der Waals surface area contributed by atoms with Crippen LogP contribution in [0.25, 0.3) is 16.9 Å². The van der Waals surface area contributed by atoms with Crippen LogP contribution in [-0.4, -0.2) is 34.4 Å². The van der Waals surface area contributed by atoms with Crippen LogP contribution in [0.4, 0.5) is 5.69 Å². The van der Waals surface area contributed by atoms with Gasteiger partial charge in [-0.05, 0) is 43.3 Å². The topological polar surface area (TPSA) is 96.5 Å².